The van der Waals surface area contributed by atoms with Gasteiger partial charge in [0.15, 0.2) is 0 Å². The molecule has 39 heavy (non-hydrogen) atoms. The fourth-order valence-electron chi connectivity index (χ4n) is 4.15. The Bertz CT molecular complexity index is 1500. The Labute approximate surface area is 226 Å². The van der Waals surface area contributed by atoms with Crippen LogP contribution in [-0.2, 0) is 24.3 Å². The van der Waals surface area contributed by atoms with Crippen LogP contribution in [0.4, 0.5) is 5.82 Å². The molecule has 0 bridgehead atoms. The van der Waals surface area contributed by atoms with Crippen molar-refractivity contribution in [1.82, 2.24) is 30.6 Å². The van der Waals surface area contributed by atoms with Crippen LogP contribution in [0, 0.1) is 0 Å². The molecule has 2 heterocycles. The van der Waals surface area contributed by atoms with Crippen LogP contribution < -0.4 is 5.32 Å². The summed E-state index contributed by atoms with van der Waals surface area (Å²) < 4.78 is 5.56. The number of tetrazole rings is 1. The van der Waals surface area contributed by atoms with Crippen LogP contribution in [0.15, 0.2) is 85.1 Å². The highest BCUT2D eigenvalue weighted by atomic mass is 16.5. The van der Waals surface area contributed by atoms with Crippen LogP contribution in [0.5, 0.6) is 0 Å². The maximum atomic E-state index is 12.5. The van der Waals surface area contributed by atoms with E-state index in [-0.39, 0.29) is 12.6 Å². The Kier molecular flexibility index (Phi) is 8.28. The number of rotatable bonds is 11. The van der Waals surface area contributed by atoms with Gasteiger partial charge in [0.1, 0.15) is 18.2 Å². The largest absolute Gasteiger partial charge is 0.457 e. The standard InChI is InChI=1S/C30H29N7O2/c1-2-3-13-27-31-19-24(20-39-30(38)23-9-5-4-6-10-23)28(33-27)32-18-21-14-16-22(17-15-21)25-11-7-8-12-26(25)29-34-36-37-35-29/h4-12,14-17,19H,2-3,13,18,20H2,1H3,(H,31,32,33)(H,34,35,36,37). The number of carbonyl (C=O) groups excluding carboxylic acids is 1. The van der Waals surface area contributed by atoms with Gasteiger partial charge in [-0.05, 0) is 40.5 Å². The molecule has 0 atom stereocenters. The number of carbonyl (C=O) groups is 1. The zero-order chi connectivity index (χ0) is 26.9. The topological polar surface area (TPSA) is 119 Å². The third-order valence-corrected chi connectivity index (χ3v) is 6.27. The summed E-state index contributed by atoms with van der Waals surface area (Å²) in [5, 5.41) is 17.9. The summed E-state index contributed by atoms with van der Waals surface area (Å²) in [6.45, 7) is 2.77. The number of aromatic amines is 1. The van der Waals surface area contributed by atoms with Gasteiger partial charge in [-0.25, -0.2) is 14.8 Å². The van der Waals surface area contributed by atoms with E-state index < -0.39 is 0 Å². The summed E-state index contributed by atoms with van der Waals surface area (Å²) in [7, 11) is 0. The van der Waals surface area contributed by atoms with Crippen molar-refractivity contribution >= 4 is 11.8 Å². The molecule has 0 unspecified atom stereocenters. The number of benzene rings is 3. The van der Waals surface area contributed by atoms with Gasteiger partial charge >= 0.3 is 5.97 Å². The second-order valence-corrected chi connectivity index (χ2v) is 9.04. The first-order valence-electron chi connectivity index (χ1n) is 12.9. The number of hydrogen-bond acceptors (Lipinski definition) is 8. The van der Waals surface area contributed by atoms with Crippen molar-refractivity contribution in [2.75, 3.05) is 5.32 Å². The summed E-state index contributed by atoms with van der Waals surface area (Å²) in [5.74, 6) is 1.61. The molecule has 0 fully saturated rings. The number of nitrogens with zero attached hydrogens (tertiary/aromatic N) is 5. The van der Waals surface area contributed by atoms with Crippen molar-refractivity contribution in [3.8, 4) is 22.5 Å². The number of hydrogen-bond donors (Lipinski definition) is 2. The highest BCUT2D eigenvalue weighted by molar-refractivity contribution is 5.89. The fourth-order valence-corrected chi connectivity index (χ4v) is 4.15. The molecule has 9 heteroatoms. The Morgan fingerprint density at radius 3 is 2.46 bits per heavy atom. The van der Waals surface area contributed by atoms with E-state index in [1.807, 2.05) is 42.5 Å². The van der Waals surface area contributed by atoms with Crippen molar-refractivity contribution in [3.05, 3.63) is 108 Å². The predicted molar refractivity (Wildman–Crippen MR) is 149 cm³/mol. The number of esters is 1. The Morgan fingerprint density at radius 1 is 0.949 bits per heavy atom. The summed E-state index contributed by atoms with van der Waals surface area (Å²) in [4.78, 5) is 21.7. The normalized spacial score (nSPS) is 10.8. The third-order valence-electron chi connectivity index (χ3n) is 6.27. The van der Waals surface area contributed by atoms with E-state index in [0.717, 1.165) is 52.9 Å². The molecule has 5 rings (SSSR count). The highest BCUT2D eigenvalue weighted by Crippen LogP contribution is 2.30. The fraction of sp³-hybridized carbons (Fsp3) is 0.200. The van der Waals surface area contributed by atoms with Crippen LogP contribution >= 0.6 is 0 Å². The quantitative estimate of drug-likeness (QED) is 0.215. The lowest BCUT2D eigenvalue weighted by Crippen LogP contribution is -2.11. The molecule has 3 aromatic carbocycles. The van der Waals surface area contributed by atoms with Crippen molar-refractivity contribution in [2.45, 2.75) is 39.3 Å². The van der Waals surface area contributed by atoms with Gasteiger partial charge in [0, 0.05) is 24.7 Å². The van der Waals surface area contributed by atoms with E-state index in [1.165, 1.54) is 0 Å². The molecule has 0 radical (unpaired) electrons. The molecule has 0 aliphatic rings. The highest BCUT2D eigenvalue weighted by Gasteiger charge is 2.13. The molecule has 2 aromatic heterocycles. The second kappa shape index (κ2) is 12.6. The maximum absolute atomic E-state index is 12.5. The molecular weight excluding hydrogens is 490 g/mol. The molecule has 0 spiro atoms. The summed E-state index contributed by atoms with van der Waals surface area (Å²) >= 11 is 0. The van der Waals surface area contributed by atoms with Crippen LogP contribution in [0.25, 0.3) is 22.5 Å². The van der Waals surface area contributed by atoms with Crippen LogP contribution in [0.3, 0.4) is 0 Å². The number of ether oxygens (including phenoxy) is 1. The van der Waals surface area contributed by atoms with E-state index >= 15 is 0 Å². The summed E-state index contributed by atoms with van der Waals surface area (Å²) in [6.07, 6.45) is 4.61. The molecule has 196 valence electrons. The van der Waals surface area contributed by atoms with Crippen LogP contribution in [0.1, 0.15) is 47.1 Å². The van der Waals surface area contributed by atoms with Gasteiger partial charge in [0.25, 0.3) is 0 Å². The monoisotopic (exact) mass is 519 g/mol. The van der Waals surface area contributed by atoms with E-state index in [1.54, 1.807) is 18.3 Å². The number of H-pyrrole nitrogens is 1. The Hall–Kier alpha value is -4.92. The number of nitrogens with one attached hydrogen (secondary N) is 2. The van der Waals surface area contributed by atoms with Crippen molar-refractivity contribution in [2.24, 2.45) is 0 Å². The van der Waals surface area contributed by atoms with Gasteiger partial charge in [0.05, 0.1) is 11.1 Å². The first-order valence-corrected chi connectivity index (χ1v) is 12.9. The van der Waals surface area contributed by atoms with Gasteiger partial charge < -0.3 is 10.1 Å². The SMILES string of the molecule is CCCCc1ncc(COC(=O)c2ccccc2)c(NCc2ccc(-c3ccccc3-c3nn[nH]n3)cc2)n1. The Morgan fingerprint density at radius 2 is 1.72 bits per heavy atom. The van der Waals surface area contributed by atoms with Crippen molar-refractivity contribution < 1.29 is 9.53 Å². The first kappa shape index (κ1) is 25.7. The number of aryl methyl sites for hydroxylation is 1. The lowest BCUT2D eigenvalue weighted by atomic mass is 9.98. The molecule has 0 saturated carbocycles. The number of aromatic nitrogens is 6. The lowest BCUT2D eigenvalue weighted by Gasteiger charge is -2.13. The van der Waals surface area contributed by atoms with Crippen LogP contribution in [0.2, 0.25) is 0 Å². The minimum absolute atomic E-state index is 0.0793. The van der Waals surface area contributed by atoms with Gasteiger partial charge in [-0.2, -0.15) is 5.21 Å². The smallest absolute Gasteiger partial charge is 0.338 e. The minimum Gasteiger partial charge on any atom is -0.457 e. The molecule has 0 amide bonds. The minimum atomic E-state index is -0.381. The van der Waals surface area contributed by atoms with Crippen LogP contribution in [-0.4, -0.2) is 36.6 Å². The first-order chi connectivity index (χ1) is 19.2. The zero-order valence-corrected chi connectivity index (χ0v) is 21.7. The van der Waals surface area contributed by atoms with E-state index in [2.05, 4.69) is 62.1 Å². The van der Waals surface area contributed by atoms with E-state index in [4.69, 9.17) is 9.72 Å². The predicted octanol–water partition coefficient (Wildman–Crippen LogP) is 5.64. The van der Waals surface area contributed by atoms with Crippen molar-refractivity contribution in [3.63, 3.8) is 0 Å². The molecule has 0 saturated heterocycles. The lowest BCUT2D eigenvalue weighted by molar-refractivity contribution is 0.0473. The number of unbranched alkanes of at least 4 members (excludes halogenated alkanes) is 1. The van der Waals surface area contributed by atoms with E-state index in [9.17, 15) is 4.79 Å². The maximum Gasteiger partial charge on any atom is 0.338 e. The van der Waals surface area contributed by atoms with Gasteiger partial charge in [0.2, 0.25) is 5.82 Å². The van der Waals surface area contributed by atoms with Crippen molar-refractivity contribution in [1.29, 1.82) is 0 Å². The van der Waals surface area contributed by atoms with E-state index in [0.29, 0.717) is 23.8 Å². The average molecular weight is 520 g/mol. The third kappa shape index (κ3) is 6.51. The molecule has 0 aliphatic heterocycles. The average Bonchev–Trinajstić information content (AvgIpc) is 3.54. The van der Waals surface area contributed by atoms with Gasteiger partial charge in [-0.15, -0.1) is 10.2 Å². The zero-order valence-electron chi connectivity index (χ0n) is 21.7. The summed E-state index contributed by atoms with van der Waals surface area (Å²) in [6, 6.07) is 25.2. The summed E-state index contributed by atoms with van der Waals surface area (Å²) in [5.41, 5.74) is 5.30. The second-order valence-electron chi connectivity index (χ2n) is 9.04. The number of anilines is 1. The molecule has 2 N–H and O–H groups in total. The molecule has 9 nitrogen and oxygen atoms in total. The molecular formula is C30H29N7O2. The van der Waals surface area contributed by atoms with Gasteiger partial charge in [-0.3, -0.25) is 0 Å². The molecule has 5 aromatic rings. The van der Waals surface area contributed by atoms with Gasteiger partial charge in [-0.1, -0.05) is 80.1 Å². The Balaban J connectivity index is 1.30. The molecule has 0 aliphatic carbocycles.